The first-order chi connectivity index (χ1) is 20.5. The number of carbonyl (C=O) groups is 3. The van der Waals surface area contributed by atoms with Crippen molar-refractivity contribution >= 4 is 60.6 Å². The summed E-state index contributed by atoms with van der Waals surface area (Å²) in [6, 6.07) is 20.4. The molecule has 0 aliphatic carbocycles. The summed E-state index contributed by atoms with van der Waals surface area (Å²) in [7, 11) is 2.47. The number of carbonyl (C=O) groups excluding carboxylic acids is 3. The Morgan fingerprint density at radius 2 is 1.36 bits per heavy atom. The van der Waals surface area contributed by atoms with E-state index in [4.69, 9.17) is 9.15 Å². The molecule has 0 amide bonds. The minimum Gasteiger partial charge on any atom is -0.508 e. The van der Waals surface area contributed by atoms with E-state index in [2.05, 4.69) is 36.6 Å². The topological polar surface area (TPSA) is 103 Å². The van der Waals surface area contributed by atoms with Crippen LogP contribution in [0.15, 0.2) is 98.3 Å². The average molecular weight is 732 g/mol. The number of rotatable bonds is 6. The predicted octanol–water partition coefficient (Wildman–Crippen LogP) is 8.86. The van der Waals surface area contributed by atoms with E-state index >= 15 is 0 Å². The van der Waals surface area contributed by atoms with E-state index in [9.17, 15) is 28.3 Å². The standard InChI is InChI=1S/C16H12BrFO4.C16H10BrFO3.CH4/c1-22-16(21)14(12-8-10(17)4-7-13(12)19)15(20)9-2-5-11(18)6-3-9;1-20-16(19)14-12-8-10(17)4-7-13(12)21-15(14)9-2-5-11(18)6-3-9;/h2-8,14,19H,1H3;2-8H,1H3;1H4. The Balaban J connectivity index is 0.000000235. The minimum atomic E-state index is -1.33. The van der Waals surface area contributed by atoms with E-state index in [1.807, 2.05) is 6.07 Å². The van der Waals surface area contributed by atoms with E-state index in [-0.39, 0.29) is 30.1 Å². The van der Waals surface area contributed by atoms with Crippen molar-refractivity contribution in [2.45, 2.75) is 13.3 Å². The third-order valence-corrected chi connectivity index (χ3v) is 7.26. The van der Waals surface area contributed by atoms with Crippen LogP contribution in [-0.4, -0.2) is 37.0 Å². The molecule has 0 saturated carbocycles. The highest BCUT2D eigenvalue weighted by Crippen LogP contribution is 2.36. The highest BCUT2D eigenvalue weighted by Gasteiger charge is 2.32. The molecule has 0 saturated heterocycles. The van der Waals surface area contributed by atoms with Gasteiger partial charge in [0, 0.05) is 31.0 Å². The first kappa shape index (κ1) is 34.1. The Morgan fingerprint density at radius 1 is 0.795 bits per heavy atom. The smallest absolute Gasteiger partial charge is 0.342 e. The number of esters is 2. The normalized spacial score (nSPS) is 11.0. The van der Waals surface area contributed by atoms with Crippen molar-refractivity contribution in [3.8, 4) is 17.1 Å². The van der Waals surface area contributed by atoms with E-state index < -0.39 is 29.5 Å². The zero-order valence-corrected chi connectivity index (χ0v) is 25.7. The molecule has 1 aromatic heterocycles. The van der Waals surface area contributed by atoms with Crippen LogP contribution in [0.3, 0.4) is 0 Å². The Kier molecular flexibility index (Phi) is 11.6. The summed E-state index contributed by atoms with van der Waals surface area (Å²) in [5.74, 6) is -3.88. The first-order valence-electron chi connectivity index (χ1n) is 12.5. The molecule has 0 aliphatic rings. The van der Waals surface area contributed by atoms with Crippen molar-refractivity contribution in [3.63, 3.8) is 0 Å². The van der Waals surface area contributed by atoms with Gasteiger partial charge in [-0.25, -0.2) is 13.6 Å². The van der Waals surface area contributed by atoms with Crippen LogP contribution in [0.4, 0.5) is 8.78 Å². The average Bonchev–Trinajstić information content (AvgIpc) is 3.38. The molecule has 0 aliphatic heterocycles. The van der Waals surface area contributed by atoms with Gasteiger partial charge in [0.1, 0.15) is 40.2 Å². The van der Waals surface area contributed by atoms with Crippen LogP contribution in [0.2, 0.25) is 0 Å². The molecule has 4 aromatic carbocycles. The summed E-state index contributed by atoms with van der Waals surface area (Å²) in [5.41, 5.74) is 1.79. The third kappa shape index (κ3) is 7.59. The molecule has 0 spiro atoms. The number of fused-ring (bicyclic) bond motifs is 1. The molecule has 7 nitrogen and oxygen atoms in total. The second kappa shape index (κ2) is 14.9. The molecule has 0 fully saturated rings. The molecule has 0 radical (unpaired) electrons. The van der Waals surface area contributed by atoms with E-state index in [1.54, 1.807) is 30.3 Å². The molecule has 0 bridgehead atoms. The van der Waals surface area contributed by atoms with Gasteiger partial charge in [-0.05, 0) is 84.9 Å². The van der Waals surface area contributed by atoms with Crippen molar-refractivity contribution < 1.29 is 42.2 Å². The number of ether oxygens (including phenoxy) is 2. The number of methoxy groups -OCH3 is 2. The van der Waals surface area contributed by atoms with Gasteiger partial charge in [0.05, 0.1) is 14.2 Å². The van der Waals surface area contributed by atoms with E-state index in [1.165, 1.54) is 43.5 Å². The molecule has 1 heterocycles. The van der Waals surface area contributed by atoms with Crippen LogP contribution >= 0.6 is 31.9 Å². The van der Waals surface area contributed by atoms with Crippen molar-refractivity contribution in [1.82, 2.24) is 0 Å². The van der Waals surface area contributed by atoms with Gasteiger partial charge in [-0.2, -0.15) is 0 Å². The quantitative estimate of drug-likeness (QED) is 0.106. The molecule has 44 heavy (non-hydrogen) atoms. The lowest BCUT2D eigenvalue weighted by molar-refractivity contribution is -0.141. The van der Waals surface area contributed by atoms with Gasteiger partial charge in [0.2, 0.25) is 0 Å². The SMILES string of the molecule is C.COC(=O)C(C(=O)c1ccc(F)cc1)c1cc(Br)ccc1O.COC(=O)c1c(-c2ccc(F)cc2)oc2ccc(Br)cc12. The lowest BCUT2D eigenvalue weighted by Crippen LogP contribution is -2.23. The second-order valence-electron chi connectivity index (χ2n) is 8.98. The van der Waals surface area contributed by atoms with Gasteiger partial charge in [-0.1, -0.05) is 39.3 Å². The van der Waals surface area contributed by atoms with Gasteiger partial charge in [-0.15, -0.1) is 0 Å². The van der Waals surface area contributed by atoms with Crippen LogP contribution in [-0.2, 0) is 14.3 Å². The number of hydrogen-bond acceptors (Lipinski definition) is 7. The summed E-state index contributed by atoms with van der Waals surface area (Å²) >= 11 is 6.60. The molecule has 1 unspecified atom stereocenters. The summed E-state index contributed by atoms with van der Waals surface area (Å²) in [5, 5.41) is 10.6. The fourth-order valence-corrected chi connectivity index (χ4v) is 4.95. The first-order valence-corrected chi connectivity index (χ1v) is 14.0. The molecular formula is C33H26Br2F2O7. The van der Waals surface area contributed by atoms with Gasteiger partial charge >= 0.3 is 11.9 Å². The maximum Gasteiger partial charge on any atom is 0.342 e. The summed E-state index contributed by atoms with van der Waals surface area (Å²) in [4.78, 5) is 36.7. The molecule has 1 N–H and O–H groups in total. The van der Waals surface area contributed by atoms with Crippen LogP contribution in [0, 0.1) is 11.6 Å². The van der Waals surface area contributed by atoms with Crippen molar-refractivity contribution in [2.24, 2.45) is 0 Å². The van der Waals surface area contributed by atoms with E-state index in [0.29, 0.717) is 32.3 Å². The maximum atomic E-state index is 13.1. The number of furan rings is 1. The number of aromatic hydroxyl groups is 1. The van der Waals surface area contributed by atoms with Gasteiger partial charge in [-0.3, -0.25) is 9.59 Å². The Labute approximate surface area is 268 Å². The second-order valence-corrected chi connectivity index (χ2v) is 10.8. The number of phenolic OH excluding ortho intramolecular Hbond substituents is 1. The van der Waals surface area contributed by atoms with Gasteiger partial charge in [0.25, 0.3) is 0 Å². The van der Waals surface area contributed by atoms with Crippen molar-refractivity contribution in [1.29, 1.82) is 0 Å². The summed E-state index contributed by atoms with van der Waals surface area (Å²) in [6.07, 6.45) is 0. The largest absolute Gasteiger partial charge is 0.508 e. The number of phenols is 1. The Morgan fingerprint density at radius 3 is 1.95 bits per heavy atom. The highest BCUT2D eigenvalue weighted by molar-refractivity contribution is 9.10. The van der Waals surface area contributed by atoms with Crippen molar-refractivity contribution in [3.05, 3.63) is 122 Å². The summed E-state index contributed by atoms with van der Waals surface area (Å²) < 4.78 is 42.7. The van der Waals surface area contributed by atoms with Crippen LogP contribution < -0.4 is 0 Å². The van der Waals surface area contributed by atoms with Crippen LogP contribution in [0.5, 0.6) is 5.75 Å². The molecule has 5 aromatic rings. The lowest BCUT2D eigenvalue weighted by atomic mass is 9.90. The number of Topliss-reactive ketones (excluding diaryl/α,β-unsaturated/α-hetero) is 1. The Hall–Kier alpha value is -4.35. The highest BCUT2D eigenvalue weighted by atomic mass is 79.9. The maximum absolute atomic E-state index is 13.1. The third-order valence-electron chi connectivity index (χ3n) is 6.27. The number of ketones is 1. The molecule has 5 rings (SSSR count). The molecular weight excluding hydrogens is 706 g/mol. The van der Waals surface area contributed by atoms with Crippen LogP contribution in [0.25, 0.3) is 22.3 Å². The fraction of sp³-hybridized carbons (Fsp3) is 0.121. The van der Waals surface area contributed by atoms with Crippen LogP contribution in [0.1, 0.15) is 39.6 Å². The zero-order chi connectivity index (χ0) is 31.3. The van der Waals surface area contributed by atoms with Gasteiger partial charge in [0.15, 0.2) is 5.78 Å². The minimum absolute atomic E-state index is 0. The number of benzene rings is 4. The monoisotopic (exact) mass is 730 g/mol. The van der Waals surface area contributed by atoms with Gasteiger partial charge < -0.3 is 19.0 Å². The lowest BCUT2D eigenvalue weighted by Gasteiger charge is -2.16. The number of hydrogen-bond donors (Lipinski definition) is 1. The number of halogens is 4. The van der Waals surface area contributed by atoms with E-state index in [0.717, 1.165) is 23.7 Å². The predicted molar refractivity (Wildman–Crippen MR) is 169 cm³/mol. The summed E-state index contributed by atoms with van der Waals surface area (Å²) in [6.45, 7) is 0. The zero-order valence-electron chi connectivity index (χ0n) is 22.6. The van der Waals surface area contributed by atoms with Crippen molar-refractivity contribution in [2.75, 3.05) is 14.2 Å². The molecule has 1 atom stereocenters. The molecule has 228 valence electrons. The molecule has 11 heteroatoms. The Bertz CT molecular complexity index is 1800. The fourth-order valence-electron chi connectivity index (χ4n) is 4.21.